The lowest BCUT2D eigenvalue weighted by Gasteiger charge is -2.09. The van der Waals surface area contributed by atoms with Crippen LogP contribution >= 0.6 is 11.6 Å². The lowest BCUT2D eigenvalue weighted by molar-refractivity contribution is 0.0682. The van der Waals surface area contributed by atoms with Crippen LogP contribution in [0.4, 0.5) is 20.3 Å². The fourth-order valence-electron chi connectivity index (χ4n) is 1.61. The molecule has 20 heavy (non-hydrogen) atoms. The molecule has 0 saturated heterocycles. The van der Waals surface area contributed by atoms with Crippen molar-refractivity contribution in [2.75, 3.05) is 5.32 Å². The Morgan fingerprint density at radius 3 is 2.65 bits per heavy atom. The second kappa shape index (κ2) is 5.83. The lowest BCUT2D eigenvalue weighted by Crippen LogP contribution is -2.07. The first-order chi connectivity index (χ1) is 9.47. The van der Waals surface area contributed by atoms with E-state index in [-0.39, 0.29) is 5.82 Å². The van der Waals surface area contributed by atoms with Crippen molar-refractivity contribution in [1.82, 2.24) is 4.98 Å². The molecule has 0 amide bonds. The Kier molecular flexibility index (Phi) is 4.14. The number of alkyl halides is 2. The largest absolute Gasteiger partial charge is 0.478 e. The molecule has 1 heterocycles. The monoisotopic (exact) mass is 298 g/mol. The van der Waals surface area contributed by atoms with E-state index in [1.807, 2.05) is 0 Å². The number of aromatic carboxylic acids is 1. The first-order valence-corrected chi connectivity index (χ1v) is 5.90. The average Bonchev–Trinajstić information content (AvgIpc) is 2.38. The molecule has 1 aromatic heterocycles. The Bertz CT molecular complexity index is 650. The Balaban J connectivity index is 2.34. The molecule has 0 bridgehead atoms. The van der Waals surface area contributed by atoms with Gasteiger partial charge in [0.1, 0.15) is 11.5 Å². The van der Waals surface area contributed by atoms with Crippen LogP contribution in [0.3, 0.4) is 0 Å². The van der Waals surface area contributed by atoms with Crippen molar-refractivity contribution in [3.63, 3.8) is 0 Å². The Labute approximate surface area is 118 Å². The third-order valence-electron chi connectivity index (χ3n) is 2.46. The molecule has 2 aromatic rings. The van der Waals surface area contributed by atoms with E-state index in [9.17, 15) is 13.6 Å². The predicted octanol–water partition coefficient (Wildman–Crippen LogP) is 4.11. The van der Waals surface area contributed by atoms with Crippen molar-refractivity contribution in [3.8, 4) is 0 Å². The average molecular weight is 299 g/mol. The number of rotatable bonds is 4. The fourth-order valence-corrected chi connectivity index (χ4v) is 1.80. The molecule has 0 fully saturated rings. The molecule has 0 spiro atoms. The van der Waals surface area contributed by atoms with Crippen molar-refractivity contribution in [1.29, 1.82) is 0 Å². The zero-order valence-electron chi connectivity index (χ0n) is 9.98. The number of nitrogens with zero attached hydrogens (tertiary/aromatic N) is 1. The molecule has 0 saturated carbocycles. The summed E-state index contributed by atoms with van der Waals surface area (Å²) in [5.41, 5.74) is -0.727. The molecule has 2 N–H and O–H groups in total. The summed E-state index contributed by atoms with van der Waals surface area (Å²) in [6, 6.07) is 9.03. The van der Waals surface area contributed by atoms with E-state index in [0.29, 0.717) is 10.7 Å². The molecule has 4 nitrogen and oxygen atoms in total. The van der Waals surface area contributed by atoms with Crippen molar-refractivity contribution >= 4 is 29.1 Å². The number of hydrogen-bond donors (Lipinski definition) is 2. The molecule has 0 atom stereocenters. The number of carboxylic acids is 1. The minimum absolute atomic E-state index is 0.118. The summed E-state index contributed by atoms with van der Waals surface area (Å²) in [6.45, 7) is 0. The zero-order valence-corrected chi connectivity index (χ0v) is 10.7. The van der Waals surface area contributed by atoms with Crippen LogP contribution in [-0.4, -0.2) is 16.1 Å². The second-order valence-electron chi connectivity index (χ2n) is 3.87. The highest BCUT2D eigenvalue weighted by molar-refractivity contribution is 6.30. The molecule has 2 rings (SSSR count). The molecular weight excluding hydrogens is 290 g/mol. The molecule has 0 aliphatic heterocycles. The van der Waals surface area contributed by atoms with Crippen LogP contribution in [0.25, 0.3) is 0 Å². The van der Waals surface area contributed by atoms with Gasteiger partial charge in [0, 0.05) is 10.7 Å². The number of pyridine rings is 1. The fraction of sp³-hybridized carbons (Fsp3) is 0.0769. The van der Waals surface area contributed by atoms with Gasteiger partial charge in [0.25, 0.3) is 6.43 Å². The third-order valence-corrected chi connectivity index (χ3v) is 2.69. The van der Waals surface area contributed by atoms with Crippen LogP contribution in [0, 0.1) is 0 Å². The maximum atomic E-state index is 12.8. The number of carboxylic acid groups (broad SMARTS) is 1. The van der Waals surface area contributed by atoms with Gasteiger partial charge >= 0.3 is 5.97 Å². The summed E-state index contributed by atoms with van der Waals surface area (Å²) in [4.78, 5) is 14.5. The van der Waals surface area contributed by atoms with Crippen LogP contribution in [0.2, 0.25) is 5.02 Å². The van der Waals surface area contributed by atoms with Gasteiger partial charge in [-0.2, -0.15) is 0 Å². The number of carbonyl (C=O) groups is 1. The van der Waals surface area contributed by atoms with Crippen LogP contribution in [0.1, 0.15) is 22.5 Å². The topological polar surface area (TPSA) is 62.2 Å². The van der Waals surface area contributed by atoms with E-state index in [4.69, 9.17) is 16.7 Å². The third kappa shape index (κ3) is 3.21. The summed E-state index contributed by atoms with van der Waals surface area (Å²) < 4.78 is 25.6. The number of halogens is 3. The van der Waals surface area contributed by atoms with Gasteiger partial charge in [-0.3, -0.25) is 0 Å². The highest BCUT2D eigenvalue weighted by Crippen LogP contribution is 2.25. The van der Waals surface area contributed by atoms with Gasteiger partial charge in [0.2, 0.25) is 0 Å². The van der Waals surface area contributed by atoms with Gasteiger partial charge in [-0.25, -0.2) is 18.6 Å². The van der Waals surface area contributed by atoms with E-state index in [1.54, 1.807) is 24.3 Å². The SMILES string of the molecule is O=C(O)c1ccc(Nc2cccc(Cl)c2)nc1C(F)F. The molecule has 0 radical (unpaired) electrons. The molecule has 0 aliphatic carbocycles. The van der Waals surface area contributed by atoms with E-state index in [2.05, 4.69) is 10.3 Å². The van der Waals surface area contributed by atoms with Crippen LogP contribution < -0.4 is 5.32 Å². The molecule has 0 unspecified atom stereocenters. The summed E-state index contributed by atoms with van der Waals surface area (Å²) >= 11 is 5.80. The van der Waals surface area contributed by atoms with Crippen molar-refractivity contribution in [2.45, 2.75) is 6.43 Å². The van der Waals surface area contributed by atoms with Gasteiger partial charge in [-0.05, 0) is 30.3 Å². The highest BCUT2D eigenvalue weighted by atomic mass is 35.5. The van der Waals surface area contributed by atoms with Crippen LogP contribution in [-0.2, 0) is 0 Å². The minimum Gasteiger partial charge on any atom is -0.478 e. The predicted molar refractivity (Wildman–Crippen MR) is 70.9 cm³/mol. The number of nitrogens with one attached hydrogen (secondary N) is 1. The zero-order chi connectivity index (χ0) is 14.7. The molecule has 7 heteroatoms. The number of anilines is 2. The summed E-state index contributed by atoms with van der Waals surface area (Å²) in [6.07, 6.45) is -2.97. The van der Waals surface area contributed by atoms with E-state index >= 15 is 0 Å². The van der Waals surface area contributed by atoms with Crippen LogP contribution in [0.15, 0.2) is 36.4 Å². The number of benzene rings is 1. The van der Waals surface area contributed by atoms with Gasteiger partial charge in [-0.1, -0.05) is 17.7 Å². The highest BCUT2D eigenvalue weighted by Gasteiger charge is 2.20. The van der Waals surface area contributed by atoms with Gasteiger partial charge in [0.05, 0.1) is 5.56 Å². The quantitative estimate of drug-likeness (QED) is 0.891. The summed E-state index contributed by atoms with van der Waals surface area (Å²) in [5, 5.41) is 12.1. The smallest absolute Gasteiger partial charge is 0.337 e. The van der Waals surface area contributed by atoms with Crippen molar-refractivity contribution in [3.05, 3.63) is 52.7 Å². The maximum absolute atomic E-state index is 12.8. The van der Waals surface area contributed by atoms with Crippen molar-refractivity contribution < 1.29 is 18.7 Å². The Hall–Kier alpha value is -2.21. The molecule has 104 valence electrons. The maximum Gasteiger partial charge on any atom is 0.337 e. The number of aromatic nitrogens is 1. The standard InChI is InChI=1S/C13H9ClF2N2O2/c14-7-2-1-3-8(6-7)17-10-5-4-9(13(19)20)11(18-10)12(15)16/h1-6,12H,(H,17,18)(H,19,20). The van der Waals surface area contributed by atoms with Gasteiger partial charge in [-0.15, -0.1) is 0 Å². The lowest BCUT2D eigenvalue weighted by atomic mass is 10.2. The van der Waals surface area contributed by atoms with Crippen LogP contribution in [0.5, 0.6) is 0 Å². The van der Waals surface area contributed by atoms with E-state index in [1.165, 1.54) is 6.07 Å². The Morgan fingerprint density at radius 1 is 1.30 bits per heavy atom. The Morgan fingerprint density at radius 2 is 2.05 bits per heavy atom. The summed E-state index contributed by atoms with van der Waals surface area (Å²) in [7, 11) is 0. The first-order valence-electron chi connectivity index (χ1n) is 5.52. The second-order valence-corrected chi connectivity index (χ2v) is 4.31. The number of hydrogen-bond acceptors (Lipinski definition) is 3. The molecular formula is C13H9ClF2N2O2. The normalized spacial score (nSPS) is 10.6. The molecule has 0 aliphatic rings. The molecule has 1 aromatic carbocycles. The van der Waals surface area contributed by atoms with E-state index in [0.717, 1.165) is 6.07 Å². The van der Waals surface area contributed by atoms with E-state index < -0.39 is 23.7 Å². The minimum atomic E-state index is -2.97. The van der Waals surface area contributed by atoms with Gasteiger partial charge < -0.3 is 10.4 Å². The first kappa shape index (κ1) is 14.2. The van der Waals surface area contributed by atoms with Gasteiger partial charge in [0.15, 0.2) is 0 Å². The summed E-state index contributed by atoms with van der Waals surface area (Å²) in [5.74, 6) is -1.32. The van der Waals surface area contributed by atoms with Crippen molar-refractivity contribution in [2.24, 2.45) is 0 Å².